The second-order valence-electron chi connectivity index (χ2n) is 5.02. The number of hydrogen-bond acceptors (Lipinski definition) is 1. The molecule has 2 rings (SSSR count). The summed E-state index contributed by atoms with van der Waals surface area (Å²) in [5.41, 5.74) is 3.14. The van der Waals surface area contributed by atoms with Gasteiger partial charge in [0.25, 0.3) is 0 Å². The second kappa shape index (κ2) is 6.84. The van der Waals surface area contributed by atoms with Gasteiger partial charge in [-0.3, -0.25) is 4.68 Å². The lowest BCUT2D eigenvalue weighted by Crippen LogP contribution is -2.13. The van der Waals surface area contributed by atoms with Gasteiger partial charge >= 0.3 is 0 Å². The molecule has 0 fully saturated rings. The zero-order chi connectivity index (χ0) is 14.7. The lowest BCUT2D eigenvalue weighted by atomic mass is 9.96. The number of hydrogen-bond donors (Lipinski definition) is 0. The van der Waals surface area contributed by atoms with Crippen molar-refractivity contribution in [3.8, 4) is 0 Å². The van der Waals surface area contributed by atoms with Crippen molar-refractivity contribution in [1.29, 1.82) is 0 Å². The third-order valence-corrected chi connectivity index (χ3v) is 4.58. The summed E-state index contributed by atoms with van der Waals surface area (Å²) in [5, 5.41) is 5.84. The molecule has 0 spiro atoms. The van der Waals surface area contributed by atoms with Gasteiger partial charge in [0.2, 0.25) is 0 Å². The van der Waals surface area contributed by atoms with Crippen molar-refractivity contribution in [2.75, 3.05) is 5.88 Å². The van der Waals surface area contributed by atoms with Crippen LogP contribution in [0.2, 0.25) is 10.0 Å². The predicted molar refractivity (Wildman–Crippen MR) is 86.0 cm³/mol. The van der Waals surface area contributed by atoms with Crippen LogP contribution in [0.25, 0.3) is 0 Å². The smallest absolute Gasteiger partial charge is 0.0847 e. The minimum absolute atomic E-state index is 0.324. The minimum atomic E-state index is 0.324. The molecule has 1 unspecified atom stereocenters. The molecule has 0 amide bonds. The maximum absolute atomic E-state index is 6.30. The Balaban J connectivity index is 2.11. The van der Waals surface area contributed by atoms with Crippen LogP contribution in [0.4, 0.5) is 0 Å². The number of aromatic nitrogens is 2. The SMILES string of the molecule is Cc1nn(C)c(CC(CCl)Cc2ccc(Cl)cc2)c1Cl. The third-order valence-electron chi connectivity index (χ3n) is 3.40. The highest BCUT2D eigenvalue weighted by atomic mass is 35.5. The van der Waals surface area contributed by atoms with Gasteiger partial charge in [-0.25, -0.2) is 0 Å². The summed E-state index contributed by atoms with van der Waals surface area (Å²) in [6.07, 6.45) is 1.73. The van der Waals surface area contributed by atoms with Crippen molar-refractivity contribution in [3.05, 3.63) is 51.3 Å². The van der Waals surface area contributed by atoms with E-state index in [-0.39, 0.29) is 0 Å². The van der Waals surface area contributed by atoms with E-state index < -0.39 is 0 Å². The van der Waals surface area contributed by atoms with Gasteiger partial charge in [0.05, 0.1) is 16.4 Å². The summed E-state index contributed by atoms with van der Waals surface area (Å²) in [7, 11) is 1.92. The van der Waals surface area contributed by atoms with Crippen LogP contribution >= 0.6 is 34.8 Å². The fourth-order valence-electron chi connectivity index (χ4n) is 2.31. The van der Waals surface area contributed by atoms with Crippen molar-refractivity contribution < 1.29 is 0 Å². The molecule has 1 heterocycles. The van der Waals surface area contributed by atoms with Crippen LogP contribution in [-0.2, 0) is 19.9 Å². The molecule has 0 radical (unpaired) electrons. The van der Waals surface area contributed by atoms with E-state index in [0.717, 1.165) is 34.3 Å². The molecule has 2 aromatic rings. The standard InChI is InChI=1S/C15H17Cl3N2/c1-10-15(18)14(20(2)19-10)8-12(9-16)7-11-3-5-13(17)6-4-11/h3-6,12H,7-9H2,1-2H3. The van der Waals surface area contributed by atoms with Gasteiger partial charge in [-0.15, -0.1) is 11.6 Å². The Morgan fingerprint density at radius 1 is 1.15 bits per heavy atom. The number of alkyl halides is 1. The van der Waals surface area contributed by atoms with Crippen LogP contribution in [0.5, 0.6) is 0 Å². The first-order valence-electron chi connectivity index (χ1n) is 6.49. The Morgan fingerprint density at radius 3 is 2.30 bits per heavy atom. The summed E-state index contributed by atoms with van der Waals surface area (Å²) in [6, 6.07) is 7.89. The molecule has 0 aliphatic rings. The van der Waals surface area contributed by atoms with E-state index in [1.807, 2.05) is 42.9 Å². The molecule has 0 aliphatic heterocycles. The summed E-state index contributed by atoms with van der Waals surface area (Å²) in [6.45, 7) is 1.92. The Bertz CT molecular complexity index is 576. The molecular weight excluding hydrogens is 315 g/mol. The molecule has 0 saturated carbocycles. The first-order chi connectivity index (χ1) is 9.51. The largest absolute Gasteiger partial charge is 0.271 e. The van der Waals surface area contributed by atoms with E-state index in [2.05, 4.69) is 5.10 Å². The number of aryl methyl sites for hydroxylation is 2. The molecule has 1 aromatic carbocycles. The van der Waals surface area contributed by atoms with Crippen molar-refractivity contribution in [1.82, 2.24) is 9.78 Å². The van der Waals surface area contributed by atoms with Gasteiger partial charge in [0.15, 0.2) is 0 Å². The molecule has 0 N–H and O–H groups in total. The van der Waals surface area contributed by atoms with Crippen LogP contribution in [-0.4, -0.2) is 15.7 Å². The molecule has 0 saturated heterocycles. The van der Waals surface area contributed by atoms with Gasteiger partial charge in [0.1, 0.15) is 0 Å². The van der Waals surface area contributed by atoms with E-state index in [0.29, 0.717) is 11.8 Å². The van der Waals surface area contributed by atoms with Crippen LogP contribution in [0.15, 0.2) is 24.3 Å². The lowest BCUT2D eigenvalue weighted by molar-refractivity contribution is 0.551. The van der Waals surface area contributed by atoms with Gasteiger partial charge in [-0.2, -0.15) is 5.10 Å². The van der Waals surface area contributed by atoms with Gasteiger partial charge in [-0.05, 0) is 43.4 Å². The Kier molecular flexibility index (Phi) is 5.36. The normalized spacial score (nSPS) is 12.7. The highest BCUT2D eigenvalue weighted by molar-refractivity contribution is 6.31. The van der Waals surface area contributed by atoms with E-state index in [1.165, 1.54) is 5.56 Å². The third kappa shape index (κ3) is 3.69. The van der Waals surface area contributed by atoms with E-state index in [4.69, 9.17) is 34.8 Å². The molecule has 5 heteroatoms. The average molecular weight is 332 g/mol. The fourth-order valence-corrected chi connectivity index (χ4v) is 2.89. The van der Waals surface area contributed by atoms with Gasteiger partial charge in [-0.1, -0.05) is 35.3 Å². The van der Waals surface area contributed by atoms with Crippen molar-refractivity contribution >= 4 is 34.8 Å². The fraction of sp³-hybridized carbons (Fsp3) is 0.400. The molecule has 20 heavy (non-hydrogen) atoms. The van der Waals surface area contributed by atoms with E-state index in [9.17, 15) is 0 Å². The second-order valence-corrected chi connectivity index (χ2v) is 6.15. The van der Waals surface area contributed by atoms with E-state index >= 15 is 0 Å². The molecule has 0 aliphatic carbocycles. The first kappa shape index (κ1) is 15.7. The summed E-state index contributed by atoms with van der Waals surface area (Å²) >= 11 is 18.3. The van der Waals surface area contributed by atoms with Crippen molar-refractivity contribution in [2.24, 2.45) is 13.0 Å². The molecule has 0 bridgehead atoms. The maximum atomic E-state index is 6.30. The predicted octanol–water partition coefficient (Wildman–Crippen LogP) is 4.68. The van der Waals surface area contributed by atoms with Gasteiger partial charge in [0, 0.05) is 18.0 Å². The Morgan fingerprint density at radius 2 is 1.80 bits per heavy atom. The number of rotatable bonds is 5. The highest BCUT2D eigenvalue weighted by Crippen LogP contribution is 2.24. The molecule has 1 atom stereocenters. The van der Waals surface area contributed by atoms with Crippen LogP contribution in [0.1, 0.15) is 17.0 Å². The minimum Gasteiger partial charge on any atom is -0.271 e. The summed E-state index contributed by atoms with van der Waals surface area (Å²) in [5.74, 6) is 0.911. The zero-order valence-corrected chi connectivity index (χ0v) is 13.8. The quantitative estimate of drug-likeness (QED) is 0.728. The highest BCUT2D eigenvalue weighted by Gasteiger charge is 2.17. The molecular formula is C15H17Cl3N2. The van der Waals surface area contributed by atoms with Gasteiger partial charge < -0.3 is 0 Å². The molecule has 108 valence electrons. The number of halogens is 3. The van der Waals surface area contributed by atoms with Crippen LogP contribution in [0, 0.1) is 12.8 Å². The molecule has 2 nitrogen and oxygen atoms in total. The Hall–Kier alpha value is -0.700. The summed E-state index contributed by atoms with van der Waals surface area (Å²) in [4.78, 5) is 0. The molecule has 1 aromatic heterocycles. The number of nitrogens with zero attached hydrogens (tertiary/aromatic N) is 2. The first-order valence-corrected chi connectivity index (χ1v) is 7.78. The maximum Gasteiger partial charge on any atom is 0.0847 e. The summed E-state index contributed by atoms with van der Waals surface area (Å²) < 4.78 is 1.85. The van der Waals surface area contributed by atoms with Crippen molar-refractivity contribution in [3.63, 3.8) is 0 Å². The Labute approximate surface area is 134 Å². The van der Waals surface area contributed by atoms with Crippen molar-refractivity contribution in [2.45, 2.75) is 19.8 Å². The van der Waals surface area contributed by atoms with Crippen LogP contribution < -0.4 is 0 Å². The average Bonchev–Trinajstić information content (AvgIpc) is 2.66. The topological polar surface area (TPSA) is 17.8 Å². The van der Waals surface area contributed by atoms with Crippen LogP contribution in [0.3, 0.4) is 0 Å². The zero-order valence-electron chi connectivity index (χ0n) is 11.5. The lowest BCUT2D eigenvalue weighted by Gasteiger charge is -2.14. The monoisotopic (exact) mass is 330 g/mol. The number of benzene rings is 1. The van der Waals surface area contributed by atoms with E-state index in [1.54, 1.807) is 0 Å².